The molecule has 0 aromatic carbocycles. The number of amides is 1. The SMILES string of the molecule is CN(C)c1nccc(-c2cn[nH]c2[C@H]2CCCN2C(=O)[C@H]2CCCO2)n1. The van der Waals surface area contributed by atoms with Crippen molar-refractivity contribution in [2.45, 2.75) is 37.8 Å². The normalized spacial score (nSPS) is 22.8. The van der Waals surface area contributed by atoms with Gasteiger partial charge in [-0.3, -0.25) is 9.89 Å². The summed E-state index contributed by atoms with van der Waals surface area (Å²) in [5.41, 5.74) is 2.67. The molecule has 1 amide bonds. The van der Waals surface area contributed by atoms with Crippen molar-refractivity contribution in [3.8, 4) is 11.3 Å². The first kappa shape index (κ1) is 17.0. The molecule has 4 heterocycles. The number of carbonyl (C=O) groups excluding carboxylic acids is 1. The molecule has 1 N–H and O–H groups in total. The molecule has 8 nitrogen and oxygen atoms in total. The third-order valence-electron chi connectivity index (χ3n) is 5.06. The van der Waals surface area contributed by atoms with E-state index in [2.05, 4.69) is 20.2 Å². The summed E-state index contributed by atoms with van der Waals surface area (Å²) in [4.78, 5) is 25.6. The molecule has 0 unspecified atom stereocenters. The molecule has 2 fully saturated rings. The van der Waals surface area contributed by atoms with Gasteiger partial charge in [-0.15, -0.1) is 0 Å². The van der Waals surface area contributed by atoms with Crippen LogP contribution in [0.5, 0.6) is 0 Å². The molecule has 138 valence electrons. The van der Waals surface area contributed by atoms with E-state index in [4.69, 9.17) is 4.74 Å². The fourth-order valence-electron chi connectivity index (χ4n) is 3.76. The molecule has 2 aromatic rings. The Bertz CT molecular complexity index is 783. The smallest absolute Gasteiger partial charge is 0.252 e. The van der Waals surface area contributed by atoms with Crippen molar-refractivity contribution in [2.75, 3.05) is 32.1 Å². The molecule has 0 radical (unpaired) electrons. The second-order valence-electron chi connectivity index (χ2n) is 7.02. The Morgan fingerprint density at radius 1 is 1.35 bits per heavy atom. The summed E-state index contributed by atoms with van der Waals surface area (Å²) in [6.45, 7) is 1.44. The van der Waals surface area contributed by atoms with Crippen molar-refractivity contribution in [1.29, 1.82) is 0 Å². The standard InChI is InChI=1S/C18H24N6O2/c1-23(2)18-19-8-7-13(21-18)12-11-20-22-16(12)14-5-3-9-24(14)17(25)15-6-4-10-26-15/h7-8,11,14-15H,3-6,9-10H2,1-2H3,(H,20,22)/t14-,15-/m1/s1. The van der Waals surface area contributed by atoms with Gasteiger partial charge in [0, 0.05) is 39.0 Å². The molecule has 26 heavy (non-hydrogen) atoms. The second kappa shape index (κ2) is 7.03. The van der Waals surface area contributed by atoms with Crippen LogP contribution in [-0.4, -0.2) is 64.3 Å². The minimum absolute atomic E-state index is 0.0121. The van der Waals surface area contributed by atoms with E-state index in [1.807, 2.05) is 30.0 Å². The van der Waals surface area contributed by atoms with Crippen LogP contribution in [-0.2, 0) is 9.53 Å². The molecule has 2 aromatic heterocycles. The van der Waals surface area contributed by atoms with E-state index in [1.54, 1.807) is 12.4 Å². The van der Waals surface area contributed by atoms with Gasteiger partial charge >= 0.3 is 0 Å². The molecule has 2 saturated heterocycles. The van der Waals surface area contributed by atoms with Gasteiger partial charge < -0.3 is 14.5 Å². The van der Waals surface area contributed by atoms with Crippen LogP contribution in [0.2, 0.25) is 0 Å². The number of nitrogens with zero attached hydrogens (tertiary/aromatic N) is 5. The first-order valence-electron chi connectivity index (χ1n) is 9.11. The number of hydrogen-bond donors (Lipinski definition) is 1. The van der Waals surface area contributed by atoms with E-state index >= 15 is 0 Å². The maximum atomic E-state index is 12.9. The lowest BCUT2D eigenvalue weighted by atomic mass is 10.0. The zero-order valence-corrected chi connectivity index (χ0v) is 15.2. The summed E-state index contributed by atoms with van der Waals surface area (Å²) < 4.78 is 5.61. The molecule has 2 aliphatic heterocycles. The summed E-state index contributed by atoms with van der Waals surface area (Å²) >= 11 is 0. The monoisotopic (exact) mass is 356 g/mol. The Balaban J connectivity index is 1.63. The van der Waals surface area contributed by atoms with Crippen molar-refractivity contribution in [1.82, 2.24) is 25.1 Å². The number of H-pyrrole nitrogens is 1. The lowest BCUT2D eigenvalue weighted by Gasteiger charge is -2.27. The highest BCUT2D eigenvalue weighted by Gasteiger charge is 2.37. The van der Waals surface area contributed by atoms with E-state index < -0.39 is 0 Å². The second-order valence-corrected chi connectivity index (χ2v) is 7.02. The van der Waals surface area contributed by atoms with Crippen LogP contribution < -0.4 is 4.90 Å². The van der Waals surface area contributed by atoms with E-state index in [-0.39, 0.29) is 18.1 Å². The molecular formula is C18H24N6O2. The number of likely N-dealkylation sites (tertiary alicyclic amines) is 1. The van der Waals surface area contributed by atoms with E-state index in [9.17, 15) is 4.79 Å². The summed E-state index contributed by atoms with van der Waals surface area (Å²) in [5, 5.41) is 7.35. The number of carbonyl (C=O) groups is 1. The Labute approximate surface area is 152 Å². The average molecular weight is 356 g/mol. The van der Waals surface area contributed by atoms with Crippen molar-refractivity contribution in [3.63, 3.8) is 0 Å². The van der Waals surface area contributed by atoms with Crippen molar-refractivity contribution in [2.24, 2.45) is 0 Å². The van der Waals surface area contributed by atoms with Gasteiger partial charge in [-0.25, -0.2) is 9.97 Å². The highest BCUT2D eigenvalue weighted by molar-refractivity contribution is 5.82. The summed E-state index contributed by atoms with van der Waals surface area (Å²) in [5.74, 6) is 0.746. The van der Waals surface area contributed by atoms with Crippen LogP contribution >= 0.6 is 0 Å². The molecule has 0 aliphatic carbocycles. The molecule has 0 saturated carbocycles. The predicted molar refractivity (Wildman–Crippen MR) is 96.6 cm³/mol. The Morgan fingerprint density at radius 3 is 3.00 bits per heavy atom. The number of anilines is 1. The van der Waals surface area contributed by atoms with Crippen LogP contribution in [0.25, 0.3) is 11.3 Å². The van der Waals surface area contributed by atoms with Crippen molar-refractivity contribution < 1.29 is 9.53 Å². The minimum Gasteiger partial charge on any atom is -0.368 e. The van der Waals surface area contributed by atoms with Gasteiger partial charge in [0.25, 0.3) is 5.91 Å². The zero-order chi connectivity index (χ0) is 18.1. The van der Waals surface area contributed by atoms with Gasteiger partial charge in [-0.1, -0.05) is 0 Å². The van der Waals surface area contributed by atoms with Gasteiger partial charge in [0.05, 0.1) is 23.6 Å². The average Bonchev–Trinajstić information content (AvgIpc) is 3.41. The third kappa shape index (κ3) is 3.05. The van der Waals surface area contributed by atoms with Crippen LogP contribution in [0.15, 0.2) is 18.5 Å². The molecule has 2 aliphatic rings. The Morgan fingerprint density at radius 2 is 2.23 bits per heavy atom. The summed E-state index contributed by atoms with van der Waals surface area (Å²) in [7, 11) is 3.82. The van der Waals surface area contributed by atoms with Gasteiger partial charge in [0.2, 0.25) is 5.95 Å². The topological polar surface area (TPSA) is 87.2 Å². The quantitative estimate of drug-likeness (QED) is 0.898. The largest absolute Gasteiger partial charge is 0.368 e. The lowest BCUT2D eigenvalue weighted by molar-refractivity contribution is -0.142. The van der Waals surface area contributed by atoms with E-state index in [0.717, 1.165) is 49.2 Å². The molecule has 2 atom stereocenters. The number of hydrogen-bond acceptors (Lipinski definition) is 6. The predicted octanol–water partition coefficient (Wildman–Crippen LogP) is 1.78. The van der Waals surface area contributed by atoms with Gasteiger partial charge in [-0.2, -0.15) is 5.10 Å². The number of nitrogens with one attached hydrogen (secondary N) is 1. The van der Waals surface area contributed by atoms with Crippen molar-refractivity contribution >= 4 is 11.9 Å². The van der Waals surface area contributed by atoms with Crippen LogP contribution in [0.4, 0.5) is 5.95 Å². The Kier molecular flexibility index (Phi) is 4.58. The first-order chi connectivity index (χ1) is 12.6. The zero-order valence-electron chi connectivity index (χ0n) is 15.2. The van der Waals surface area contributed by atoms with Gasteiger partial charge in [0.1, 0.15) is 6.10 Å². The van der Waals surface area contributed by atoms with Crippen LogP contribution in [0.3, 0.4) is 0 Å². The minimum atomic E-state index is -0.290. The lowest BCUT2D eigenvalue weighted by Crippen LogP contribution is -2.38. The fourth-order valence-corrected chi connectivity index (χ4v) is 3.76. The molecule has 0 spiro atoms. The Hall–Kier alpha value is -2.48. The number of aromatic nitrogens is 4. The summed E-state index contributed by atoms with van der Waals surface area (Å²) in [6, 6.07) is 1.87. The van der Waals surface area contributed by atoms with Crippen molar-refractivity contribution in [3.05, 3.63) is 24.2 Å². The number of ether oxygens (including phenoxy) is 1. The highest BCUT2D eigenvalue weighted by atomic mass is 16.5. The van der Waals surface area contributed by atoms with Gasteiger partial charge in [-0.05, 0) is 31.7 Å². The highest BCUT2D eigenvalue weighted by Crippen LogP contribution is 2.37. The summed E-state index contributed by atoms with van der Waals surface area (Å²) in [6.07, 6.45) is 6.91. The third-order valence-corrected chi connectivity index (χ3v) is 5.06. The van der Waals surface area contributed by atoms with Crippen LogP contribution in [0.1, 0.15) is 37.4 Å². The maximum Gasteiger partial charge on any atom is 0.252 e. The van der Waals surface area contributed by atoms with E-state index in [0.29, 0.717) is 12.6 Å². The van der Waals surface area contributed by atoms with E-state index in [1.165, 1.54) is 0 Å². The van der Waals surface area contributed by atoms with Crippen LogP contribution in [0, 0.1) is 0 Å². The number of rotatable bonds is 4. The maximum absolute atomic E-state index is 12.9. The molecule has 8 heteroatoms. The molecule has 4 rings (SSSR count). The molecular weight excluding hydrogens is 332 g/mol. The number of aromatic amines is 1. The fraction of sp³-hybridized carbons (Fsp3) is 0.556. The van der Waals surface area contributed by atoms with Gasteiger partial charge in [0.15, 0.2) is 0 Å². The molecule has 0 bridgehead atoms. The first-order valence-corrected chi connectivity index (χ1v) is 9.11.